The smallest absolute Gasteiger partial charge is 0.354 e. The molecule has 1 aliphatic heterocycles. The second-order valence-corrected chi connectivity index (χ2v) is 4.91. The largest absolute Gasteiger partial charge is 0.477 e. The van der Waals surface area contributed by atoms with E-state index in [0.29, 0.717) is 6.04 Å². The van der Waals surface area contributed by atoms with Crippen LogP contribution in [-0.4, -0.2) is 54.2 Å². The van der Waals surface area contributed by atoms with Crippen molar-refractivity contribution in [2.24, 2.45) is 0 Å². The third-order valence-electron chi connectivity index (χ3n) is 3.45. The Labute approximate surface area is 107 Å². The minimum Gasteiger partial charge on any atom is -0.477 e. The molecule has 0 amide bonds. The predicted octanol–water partition coefficient (Wildman–Crippen LogP) is 1.31. The van der Waals surface area contributed by atoms with E-state index in [1.807, 2.05) is 6.07 Å². The number of pyridine rings is 1. The van der Waals surface area contributed by atoms with E-state index in [0.717, 1.165) is 25.2 Å². The van der Waals surface area contributed by atoms with E-state index in [1.54, 1.807) is 12.3 Å². The lowest BCUT2D eigenvalue weighted by Gasteiger charge is -2.37. The number of hydrogen-bond acceptors (Lipinski definition) is 4. The van der Waals surface area contributed by atoms with E-state index in [4.69, 9.17) is 5.11 Å². The predicted molar refractivity (Wildman–Crippen MR) is 70.1 cm³/mol. The van der Waals surface area contributed by atoms with Gasteiger partial charge in [-0.05, 0) is 39.1 Å². The van der Waals surface area contributed by atoms with E-state index >= 15 is 0 Å². The van der Waals surface area contributed by atoms with E-state index in [-0.39, 0.29) is 5.69 Å². The molecule has 1 unspecified atom stereocenters. The molecule has 1 aliphatic rings. The Kier molecular flexibility index (Phi) is 3.81. The maximum Gasteiger partial charge on any atom is 0.354 e. The monoisotopic (exact) mass is 249 g/mol. The molecule has 0 spiro atoms. The van der Waals surface area contributed by atoms with Crippen molar-refractivity contribution in [2.75, 3.05) is 32.1 Å². The summed E-state index contributed by atoms with van der Waals surface area (Å²) in [6, 6.07) is 4.06. The van der Waals surface area contributed by atoms with Crippen LogP contribution in [-0.2, 0) is 0 Å². The number of rotatable bonds is 3. The van der Waals surface area contributed by atoms with Crippen molar-refractivity contribution in [3.05, 3.63) is 24.0 Å². The number of aromatic nitrogens is 1. The van der Waals surface area contributed by atoms with Crippen LogP contribution in [0.2, 0.25) is 0 Å². The van der Waals surface area contributed by atoms with Gasteiger partial charge in [0.2, 0.25) is 0 Å². The Morgan fingerprint density at radius 3 is 3.00 bits per heavy atom. The normalized spacial score (nSPS) is 20.2. The van der Waals surface area contributed by atoms with Crippen LogP contribution in [0.25, 0.3) is 0 Å². The second kappa shape index (κ2) is 5.35. The molecular formula is C13H19N3O2. The molecule has 0 aromatic carbocycles. The van der Waals surface area contributed by atoms with Gasteiger partial charge in [-0.1, -0.05) is 0 Å². The fourth-order valence-corrected chi connectivity index (χ4v) is 2.34. The number of carboxylic acids is 1. The zero-order chi connectivity index (χ0) is 13.1. The minimum absolute atomic E-state index is 0.111. The molecule has 2 heterocycles. The third-order valence-corrected chi connectivity index (χ3v) is 3.45. The maximum atomic E-state index is 10.9. The molecule has 5 nitrogen and oxygen atoms in total. The van der Waals surface area contributed by atoms with Gasteiger partial charge in [0.1, 0.15) is 5.69 Å². The summed E-state index contributed by atoms with van der Waals surface area (Å²) in [7, 11) is 4.17. The summed E-state index contributed by atoms with van der Waals surface area (Å²) >= 11 is 0. The van der Waals surface area contributed by atoms with Crippen molar-refractivity contribution < 1.29 is 9.90 Å². The molecular weight excluding hydrogens is 230 g/mol. The molecule has 0 aliphatic carbocycles. The van der Waals surface area contributed by atoms with Gasteiger partial charge in [-0.3, -0.25) is 0 Å². The van der Waals surface area contributed by atoms with Gasteiger partial charge in [0.05, 0.1) is 0 Å². The van der Waals surface area contributed by atoms with Gasteiger partial charge in [0.25, 0.3) is 0 Å². The number of carbonyl (C=O) groups is 1. The molecule has 1 aromatic rings. The van der Waals surface area contributed by atoms with E-state index in [1.165, 1.54) is 6.42 Å². The van der Waals surface area contributed by atoms with Gasteiger partial charge >= 0.3 is 5.97 Å². The summed E-state index contributed by atoms with van der Waals surface area (Å²) in [6.07, 6.45) is 3.89. The molecule has 1 saturated heterocycles. The van der Waals surface area contributed by atoms with Crippen LogP contribution in [0.1, 0.15) is 23.3 Å². The summed E-state index contributed by atoms with van der Waals surface area (Å²) in [6.45, 7) is 1.92. The lowest BCUT2D eigenvalue weighted by atomic mass is 10.0. The first-order chi connectivity index (χ1) is 8.58. The molecule has 0 radical (unpaired) electrons. The average Bonchev–Trinajstić information content (AvgIpc) is 2.39. The van der Waals surface area contributed by atoms with E-state index < -0.39 is 5.97 Å². The van der Waals surface area contributed by atoms with Crippen molar-refractivity contribution >= 4 is 11.7 Å². The van der Waals surface area contributed by atoms with Crippen LogP contribution in [0.5, 0.6) is 0 Å². The standard InChI is InChI=1S/C13H19N3O2/c1-15(2)11-4-3-7-16(9-11)10-5-6-14-12(8-10)13(17)18/h5-6,8,11H,3-4,7,9H2,1-2H3,(H,17,18). The highest BCUT2D eigenvalue weighted by molar-refractivity contribution is 5.86. The van der Waals surface area contributed by atoms with E-state index in [2.05, 4.69) is 28.9 Å². The van der Waals surface area contributed by atoms with Gasteiger partial charge < -0.3 is 14.9 Å². The highest BCUT2D eigenvalue weighted by atomic mass is 16.4. The van der Waals surface area contributed by atoms with Gasteiger partial charge in [0, 0.05) is 31.0 Å². The lowest BCUT2D eigenvalue weighted by molar-refractivity contribution is 0.0690. The van der Waals surface area contributed by atoms with Gasteiger partial charge in [-0.15, -0.1) is 0 Å². The molecule has 18 heavy (non-hydrogen) atoms. The quantitative estimate of drug-likeness (QED) is 0.875. The molecule has 2 rings (SSSR count). The summed E-state index contributed by atoms with van der Waals surface area (Å²) in [5.41, 5.74) is 1.06. The second-order valence-electron chi connectivity index (χ2n) is 4.91. The molecule has 1 fully saturated rings. The maximum absolute atomic E-state index is 10.9. The lowest BCUT2D eigenvalue weighted by Crippen LogP contribution is -2.45. The molecule has 0 saturated carbocycles. The Bertz CT molecular complexity index is 434. The number of likely N-dealkylation sites (N-methyl/N-ethyl adjacent to an activating group) is 1. The molecule has 98 valence electrons. The average molecular weight is 249 g/mol. The number of anilines is 1. The highest BCUT2D eigenvalue weighted by Gasteiger charge is 2.22. The summed E-state index contributed by atoms with van der Waals surface area (Å²) < 4.78 is 0. The summed E-state index contributed by atoms with van der Waals surface area (Å²) in [4.78, 5) is 19.2. The summed E-state index contributed by atoms with van der Waals surface area (Å²) in [5.74, 6) is -0.974. The van der Waals surface area contributed by atoms with Crippen molar-refractivity contribution in [1.82, 2.24) is 9.88 Å². The minimum atomic E-state index is -0.974. The molecule has 0 bridgehead atoms. The van der Waals surface area contributed by atoms with Crippen molar-refractivity contribution in [3.63, 3.8) is 0 Å². The van der Waals surface area contributed by atoms with Crippen LogP contribution in [0.4, 0.5) is 5.69 Å². The van der Waals surface area contributed by atoms with Crippen molar-refractivity contribution in [2.45, 2.75) is 18.9 Å². The Morgan fingerprint density at radius 1 is 1.56 bits per heavy atom. The zero-order valence-corrected chi connectivity index (χ0v) is 10.8. The number of nitrogens with zero attached hydrogens (tertiary/aromatic N) is 3. The van der Waals surface area contributed by atoms with Crippen LogP contribution in [0.3, 0.4) is 0 Å². The van der Waals surface area contributed by atoms with Gasteiger partial charge in [-0.2, -0.15) is 0 Å². The van der Waals surface area contributed by atoms with Crippen LogP contribution < -0.4 is 4.90 Å². The zero-order valence-electron chi connectivity index (χ0n) is 10.8. The van der Waals surface area contributed by atoms with Crippen molar-refractivity contribution in [3.8, 4) is 0 Å². The number of aromatic carboxylic acids is 1. The van der Waals surface area contributed by atoms with Crippen LogP contribution in [0, 0.1) is 0 Å². The Hall–Kier alpha value is -1.62. The first-order valence-corrected chi connectivity index (χ1v) is 6.18. The van der Waals surface area contributed by atoms with Gasteiger partial charge in [0.15, 0.2) is 0 Å². The molecule has 1 N–H and O–H groups in total. The fourth-order valence-electron chi connectivity index (χ4n) is 2.34. The number of piperidine rings is 1. The highest BCUT2D eigenvalue weighted by Crippen LogP contribution is 2.21. The van der Waals surface area contributed by atoms with Crippen LogP contribution in [0.15, 0.2) is 18.3 Å². The number of carboxylic acid groups (broad SMARTS) is 1. The molecule has 1 aromatic heterocycles. The Balaban J connectivity index is 2.15. The van der Waals surface area contributed by atoms with E-state index in [9.17, 15) is 4.79 Å². The summed E-state index contributed by atoms with van der Waals surface area (Å²) in [5, 5.41) is 8.96. The molecule has 1 atom stereocenters. The Morgan fingerprint density at radius 2 is 2.33 bits per heavy atom. The fraction of sp³-hybridized carbons (Fsp3) is 0.538. The van der Waals surface area contributed by atoms with Crippen molar-refractivity contribution in [1.29, 1.82) is 0 Å². The topological polar surface area (TPSA) is 56.7 Å². The first kappa shape index (κ1) is 12.8. The first-order valence-electron chi connectivity index (χ1n) is 6.18. The van der Waals surface area contributed by atoms with Crippen LogP contribution >= 0.6 is 0 Å². The SMILES string of the molecule is CN(C)C1CCCN(c2ccnc(C(=O)O)c2)C1. The van der Waals surface area contributed by atoms with Gasteiger partial charge in [-0.25, -0.2) is 9.78 Å². The molecule has 5 heteroatoms. The number of hydrogen-bond donors (Lipinski definition) is 1. The third kappa shape index (κ3) is 2.79.